The molecule has 1 saturated heterocycles. The van der Waals surface area contributed by atoms with E-state index in [1.54, 1.807) is 42.5 Å². The molecular formula is C19H21ClN2O4S. The number of hydrogen-bond donors (Lipinski definition) is 1. The number of hydrogen-bond acceptors (Lipinski definition) is 4. The highest BCUT2D eigenvalue weighted by molar-refractivity contribution is 7.89. The molecule has 1 aliphatic rings. The quantitative estimate of drug-likeness (QED) is 0.822. The Kier molecular flexibility index (Phi) is 5.74. The van der Waals surface area contributed by atoms with Gasteiger partial charge in [0.05, 0.1) is 17.0 Å². The number of carbonyl (C=O) groups excluding carboxylic acids is 1. The zero-order valence-corrected chi connectivity index (χ0v) is 16.7. The van der Waals surface area contributed by atoms with Crippen LogP contribution in [0.4, 0.5) is 5.69 Å². The van der Waals surface area contributed by atoms with Gasteiger partial charge in [-0.05, 0) is 50.1 Å². The maximum atomic E-state index is 13.0. The van der Waals surface area contributed by atoms with Crippen molar-refractivity contribution in [2.45, 2.75) is 30.7 Å². The van der Waals surface area contributed by atoms with Crippen LogP contribution >= 0.6 is 11.6 Å². The molecule has 8 heteroatoms. The highest BCUT2D eigenvalue weighted by Crippen LogP contribution is 2.29. The van der Waals surface area contributed by atoms with Crippen LogP contribution in [0.15, 0.2) is 47.4 Å². The van der Waals surface area contributed by atoms with Gasteiger partial charge < -0.3 is 10.1 Å². The Morgan fingerprint density at radius 3 is 2.56 bits per heavy atom. The van der Waals surface area contributed by atoms with Crippen LogP contribution in [-0.2, 0) is 14.8 Å². The van der Waals surface area contributed by atoms with Crippen molar-refractivity contribution in [3.05, 3.63) is 53.1 Å². The maximum absolute atomic E-state index is 13.0. The van der Waals surface area contributed by atoms with E-state index in [-0.39, 0.29) is 10.8 Å². The number of methoxy groups -OCH3 is 1. The van der Waals surface area contributed by atoms with Gasteiger partial charge >= 0.3 is 0 Å². The lowest BCUT2D eigenvalue weighted by atomic mass is 10.2. The van der Waals surface area contributed by atoms with Crippen LogP contribution < -0.4 is 10.1 Å². The molecule has 6 nitrogen and oxygen atoms in total. The molecule has 27 heavy (non-hydrogen) atoms. The molecule has 1 fully saturated rings. The lowest BCUT2D eigenvalue weighted by Gasteiger charge is -2.23. The summed E-state index contributed by atoms with van der Waals surface area (Å²) in [5.74, 6) is 0.128. The minimum atomic E-state index is -3.73. The SMILES string of the molecule is COc1ccc(NC(=O)C2CCCN2S(=O)(=O)c2ccc(C)cc2)cc1Cl. The number of halogens is 1. The summed E-state index contributed by atoms with van der Waals surface area (Å²) in [7, 11) is -2.23. The average molecular weight is 409 g/mol. The number of ether oxygens (including phenoxy) is 1. The van der Waals surface area contributed by atoms with Crippen LogP contribution in [0.3, 0.4) is 0 Å². The second kappa shape index (κ2) is 7.88. The summed E-state index contributed by atoms with van der Waals surface area (Å²) in [5, 5.41) is 3.12. The monoisotopic (exact) mass is 408 g/mol. The summed E-state index contributed by atoms with van der Waals surface area (Å²) >= 11 is 6.08. The van der Waals surface area contributed by atoms with Crippen molar-refractivity contribution in [3.63, 3.8) is 0 Å². The van der Waals surface area contributed by atoms with Crippen LogP contribution in [0.2, 0.25) is 5.02 Å². The van der Waals surface area contributed by atoms with E-state index >= 15 is 0 Å². The first kappa shape index (κ1) is 19.7. The fourth-order valence-corrected chi connectivity index (χ4v) is 5.02. The van der Waals surface area contributed by atoms with Crippen LogP contribution in [0.5, 0.6) is 5.75 Å². The van der Waals surface area contributed by atoms with Gasteiger partial charge in [-0.25, -0.2) is 8.42 Å². The molecular weight excluding hydrogens is 388 g/mol. The molecule has 0 aliphatic carbocycles. The predicted molar refractivity (Wildman–Crippen MR) is 105 cm³/mol. The molecule has 1 aliphatic heterocycles. The Balaban J connectivity index is 1.80. The Labute approximate surface area is 164 Å². The molecule has 3 rings (SSSR count). The third-order valence-electron chi connectivity index (χ3n) is 4.55. The largest absolute Gasteiger partial charge is 0.495 e. The lowest BCUT2D eigenvalue weighted by molar-refractivity contribution is -0.119. The van der Waals surface area contributed by atoms with Gasteiger partial charge in [-0.3, -0.25) is 4.79 Å². The first-order valence-corrected chi connectivity index (χ1v) is 10.4. The van der Waals surface area contributed by atoms with E-state index in [1.807, 2.05) is 6.92 Å². The fraction of sp³-hybridized carbons (Fsp3) is 0.316. The smallest absolute Gasteiger partial charge is 0.243 e. The average Bonchev–Trinajstić information content (AvgIpc) is 3.13. The molecule has 1 amide bonds. The van der Waals surface area contributed by atoms with Gasteiger partial charge in [0.1, 0.15) is 11.8 Å². The van der Waals surface area contributed by atoms with E-state index in [9.17, 15) is 13.2 Å². The first-order chi connectivity index (χ1) is 12.8. The zero-order chi connectivity index (χ0) is 19.6. The molecule has 2 aromatic carbocycles. The van der Waals surface area contributed by atoms with Crippen molar-refractivity contribution in [2.24, 2.45) is 0 Å². The summed E-state index contributed by atoms with van der Waals surface area (Å²) in [6, 6.07) is 10.8. The van der Waals surface area contributed by atoms with Crippen molar-refractivity contribution < 1.29 is 17.9 Å². The Morgan fingerprint density at radius 2 is 1.93 bits per heavy atom. The van der Waals surface area contributed by atoms with E-state index in [0.29, 0.717) is 35.8 Å². The number of rotatable bonds is 5. The number of anilines is 1. The summed E-state index contributed by atoms with van der Waals surface area (Å²) in [5.41, 5.74) is 1.46. The number of amides is 1. The van der Waals surface area contributed by atoms with Crippen molar-refractivity contribution in [2.75, 3.05) is 19.0 Å². The Bertz CT molecular complexity index is 945. The van der Waals surface area contributed by atoms with Gasteiger partial charge in [-0.15, -0.1) is 0 Å². The summed E-state index contributed by atoms with van der Waals surface area (Å²) < 4.78 is 32.3. The third kappa shape index (κ3) is 4.10. The highest BCUT2D eigenvalue weighted by atomic mass is 35.5. The van der Waals surface area contributed by atoms with Crippen LogP contribution in [-0.4, -0.2) is 38.3 Å². The molecule has 1 unspecified atom stereocenters. The molecule has 1 atom stereocenters. The van der Waals surface area contributed by atoms with Crippen LogP contribution in [0.25, 0.3) is 0 Å². The van der Waals surface area contributed by atoms with Crippen molar-refractivity contribution >= 4 is 33.2 Å². The van der Waals surface area contributed by atoms with E-state index in [2.05, 4.69) is 5.32 Å². The van der Waals surface area contributed by atoms with Gasteiger partial charge in [0, 0.05) is 12.2 Å². The number of carbonyl (C=O) groups is 1. The topological polar surface area (TPSA) is 75.7 Å². The molecule has 0 aromatic heterocycles. The molecule has 1 heterocycles. The number of nitrogens with zero attached hydrogens (tertiary/aromatic N) is 1. The Hall–Kier alpha value is -2.09. The maximum Gasteiger partial charge on any atom is 0.243 e. The number of sulfonamides is 1. The predicted octanol–water partition coefficient (Wildman–Crippen LogP) is 3.45. The van der Waals surface area contributed by atoms with Crippen LogP contribution in [0.1, 0.15) is 18.4 Å². The molecule has 0 spiro atoms. The molecule has 2 aromatic rings. The van der Waals surface area contributed by atoms with Gasteiger partial charge in [0.2, 0.25) is 15.9 Å². The first-order valence-electron chi connectivity index (χ1n) is 8.56. The number of aryl methyl sites for hydroxylation is 1. The lowest BCUT2D eigenvalue weighted by Crippen LogP contribution is -2.43. The summed E-state index contributed by atoms with van der Waals surface area (Å²) in [4.78, 5) is 12.9. The second-order valence-corrected chi connectivity index (χ2v) is 8.72. The van der Waals surface area contributed by atoms with Crippen molar-refractivity contribution in [3.8, 4) is 5.75 Å². The highest BCUT2D eigenvalue weighted by Gasteiger charge is 2.39. The van der Waals surface area contributed by atoms with Gasteiger partial charge in [-0.1, -0.05) is 29.3 Å². The van der Waals surface area contributed by atoms with Gasteiger partial charge in [0.15, 0.2) is 0 Å². The van der Waals surface area contributed by atoms with Crippen molar-refractivity contribution in [1.29, 1.82) is 0 Å². The fourth-order valence-electron chi connectivity index (χ4n) is 3.11. The van der Waals surface area contributed by atoms with Crippen molar-refractivity contribution in [1.82, 2.24) is 4.31 Å². The van der Waals surface area contributed by atoms with E-state index < -0.39 is 16.1 Å². The third-order valence-corrected chi connectivity index (χ3v) is 6.77. The van der Waals surface area contributed by atoms with Gasteiger partial charge in [-0.2, -0.15) is 4.31 Å². The Morgan fingerprint density at radius 1 is 1.22 bits per heavy atom. The number of benzene rings is 2. The minimum absolute atomic E-state index is 0.195. The second-order valence-electron chi connectivity index (χ2n) is 6.43. The van der Waals surface area contributed by atoms with E-state index in [0.717, 1.165) is 5.56 Å². The van der Waals surface area contributed by atoms with E-state index in [4.69, 9.17) is 16.3 Å². The molecule has 1 N–H and O–H groups in total. The normalized spacial score (nSPS) is 17.7. The van der Waals surface area contributed by atoms with Gasteiger partial charge in [0.25, 0.3) is 0 Å². The standard InChI is InChI=1S/C19H21ClN2O4S/c1-13-5-8-15(9-6-13)27(24,25)22-11-3-4-17(22)19(23)21-14-7-10-18(26-2)16(20)12-14/h5-10,12,17H,3-4,11H2,1-2H3,(H,21,23). The summed E-state index contributed by atoms with van der Waals surface area (Å²) in [6.07, 6.45) is 1.10. The molecule has 0 radical (unpaired) electrons. The minimum Gasteiger partial charge on any atom is -0.495 e. The van der Waals surface area contributed by atoms with E-state index in [1.165, 1.54) is 11.4 Å². The molecule has 144 valence electrons. The van der Waals surface area contributed by atoms with Crippen LogP contribution in [0, 0.1) is 6.92 Å². The molecule has 0 bridgehead atoms. The molecule has 0 saturated carbocycles. The zero-order valence-electron chi connectivity index (χ0n) is 15.1. The number of nitrogens with one attached hydrogen (secondary N) is 1. The summed E-state index contributed by atoms with van der Waals surface area (Å²) in [6.45, 7) is 2.21.